The van der Waals surface area contributed by atoms with E-state index in [1.807, 2.05) is 61.5 Å². The Morgan fingerprint density at radius 3 is 2.16 bits per heavy atom. The number of benzene rings is 3. The average Bonchev–Trinajstić information content (AvgIpc) is 2.95. The number of aryl methyl sites for hydroxylation is 1. The molecule has 3 aromatic rings. The first-order valence-electron chi connectivity index (χ1n) is 13.9. The summed E-state index contributed by atoms with van der Waals surface area (Å²) >= 11 is 0. The largest absolute Gasteiger partial charge is 0.355 e. The molecule has 0 saturated carbocycles. The second-order valence-electron chi connectivity index (χ2n) is 10.1. The summed E-state index contributed by atoms with van der Waals surface area (Å²) in [5.41, 5.74) is 8.53. The molecule has 0 bridgehead atoms. The van der Waals surface area contributed by atoms with Gasteiger partial charge in [-0.2, -0.15) is 5.26 Å². The number of carbonyl (C=O) groups is 1. The Labute approximate surface area is 228 Å². The Kier molecular flexibility index (Phi) is 10.7. The van der Waals surface area contributed by atoms with Gasteiger partial charge < -0.3 is 10.6 Å². The molecular weight excluding hydrogens is 466 g/mol. The fourth-order valence-corrected chi connectivity index (χ4v) is 4.72. The van der Waals surface area contributed by atoms with Crippen LogP contribution in [0.2, 0.25) is 0 Å². The van der Waals surface area contributed by atoms with Crippen LogP contribution in [0.25, 0.3) is 5.70 Å². The van der Waals surface area contributed by atoms with Crippen molar-refractivity contribution >= 4 is 23.0 Å². The molecule has 3 aromatic carbocycles. The minimum Gasteiger partial charge on any atom is -0.355 e. The van der Waals surface area contributed by atoms with Crippen molar-refractivity contribution in [3.8, 4) is 6.07 Å². The van der Waals surface area contributed by atoms with Crippen molar-refractivity contribution in [2.24, 2.45) is 0 Å². The van der Waals surface area contributed by atoms with Gasteiger partial charge in [-0.05, 0) is 104 Å². The summed E-state index contributed by atoms with van der Waals surface area (Å²) in [6.45, 7) is 10.6. The quantitative estimate of drug-likeness (QED) is 0.257. The molecule has 0 heterocycles. The number of hydrogen-bond acceptors (Lipinski definition) is 3. The predicted molar refractivity (Wildman–Crippen MR) is 160 cm³/mol. The van der Waals surface area contributed by atoms with Gasteiger partial charge in [0, 0.05) is 22.6 Å². The Balaban J connectivity index is 1.75. The first kappa shape index (κ1) is 28.7. The van der Waals surface area contributed by atoms with Crippen molar-refractivity contribution in [3.05, 3.63) is 100 Å². The van der Waals surface area contributed by atoms with Gasteiger partial charge in [-0.3, -0.25) is 4.79 Å². The molecule has 4 nitrogen and oxygen atoms in total. The van der Waals surface area contributed by atoms with E-state index in [0.717, 1.165) is 40.2 Å². The van der Waals surface area contributed by atoms with E-state index in [2.05, 4.69) is 56.5 Å². The summed E-state index contributed by atoms with van der Waals surface area (Å²) in [4.78, 5) is 13.2. The highest BCUT2D eigenvalue weighted by molar-refractivity contribution is 6.00. The SMILES string of the molecule is CCCCC(CCC)c1ccc(C(=O)N/C(=C(/C)CC)c2ccc(Nc3ccc(C#N)cc3C)cc2)cc1. The van der Waals surface area contributed by atoms with Gasteiger partial charge in [0.15, 0.2) is 0 Å². The Morgan fingerprint density at radius 1 is 0.895 bits per heavy atom. The van der Waals surface area contributed by atoms with Crippen LogP contribution in [0.15, 0.2) is 72.3 Å². The van der Waals surface area contributed by atoms with Gasteiger partial charge in [-0.25, -0.2) is 0 Å². The monoisotopic (exact) mass is 507 g/mol. The van der Waals surface area contributed by atoms with Crippen molar-refractivity contribution < 1.29 is 4.79 Å². The molecule has 0 saturated heterocycles. The fraction of sp³-hybridized carbons (Fsp3) is 0.353. The van der Waals surface area contributed by atoms with Crippen LogP contribution >= 0.6 is 0 Å². The maximum Gasteiger partial charge on any atom is 0.255 e. The van der Waals surface area contributed by atoms with Crippen LogP contribution in [0.4, 0.5) is 11.4 Å². The zero-order chi connectivity index (χ0) is 27.5. The minimum atomic E-state index is -0.0876. The van der Waals surface area contributed by atoms with E-state index in [4.69, 9.17) is 5.26 Å². The molecular formula is C34H41N3O. The zero-order valence-corrected chi connectivity index (χ0v) is 23.5. The van der Waals surface area contributed by atoms with Crippen LogP contribution in [0.1, 0.15) is 105 Å². The summed E-state index contributed by atoms with van der Waals surface area (Å²) in [6.07, 6.45) is 6.84. The summed E-state index contributed by atoms with van der Waals surface area (Å²) in [7, 11) is 0. The molecule has 1 atom stereocenters. The molecule has 1 unspecified atom stereocenters. The number of unbranched alkanes of at least 4 members (excludes halogenated alkanes) is 1. The molecule has 4 heteroatoms. The normalized spacial score (nSPS) is 12.3. The van der Waals surface area contributed by atoms with Gasteiger partial charge >= 0.3 is 0 Å². The maximum atomic E-state index is 13.2. The number of carbonyl (C=O) groups excluding carboxylic acids is 1. The lowest BCUT2D eigenvalue weighted by atomic mass is 9.89. The maximum absolute atomic E-state index is 13.2. The molecule has 0 aliphatic rings. The van der Waals surface area contributed by atoms with Gasteiger partial charge in [0.2, 0.25) is 0 Å². The van der Waals surface area contributed by atoms with E-state index >= 15 is 0 Å². The number of allylic oxidation sites excluding steroid dienone is 1. The Bertz CT molecular complexity index is 1280. The highest BCUT2D eigenvalue weighted by atomic mass is 16.1. The number of nitriles is 1. The van der Waals surface area contributed by atoms with Crippen LogP contribution in [0, 0.1) is 18.3 Å². The van der Waals surface area contributed by atoms with Gasteiger partial charge in [0.1, 0.15) is 0 Å². The molecule has 3 rings (SSSR count). The highest BCUT2D eigenvalue weighted by Gasteiger charge is 2.15. The van der Waals surface area contributed by atoms with Crippen LogP contribution in [-0.2, 0) is 0 Å². The van der Waals surface area contributed by atoms with E-state index < -0.39 is 0 Å². The number of nitrogens with zero attached hydrogens (tertiary/aromatic N) is 1. The van der Waals surface area contributed by atoms with Crippen LogP contribution in [0.5, 0.6) is 0 Å². The third kappa shape index (κ3) is 7.59. The number of amides is 1. The third-order valence-corrected chi connectivity index (χ3v) is 7.19. The van der Waals surface area contributed by atoms with Gasteiger partial charge in [-0.15, -0.1) is 0 Å². The second-order valence-corrected chi connectivity index (χ2v) is 10.1. The fourth-order valence-electron chi connectivity index (χ4n) is 4.72. The molecule has 0 fully saturated rings. The molecule has 38 heavy (non-hydrogen) atoms. The summed E-state index contributed by atoms with van der Waals surface area (Å²) in [6, 6.07) is 24.1. The molecule has 0 aliphatic carbocycles. The summed E-state index contributed by atoms with van der Waals surface area (Å²) in [5, 5.41) is 15.7. The van der Waals surface area contributed by atoms with Gasteiger partial charge in [0.05, 0.1) is 11.6 Å². The first-order valence-corrected chi connectivity index (χ1v) is 13.9. The van der Waals surface area contributed by atoms with Crippen molar-refractivity contribution in [1.82, 2.24) is 5.32 Å². The zero-order valence-electron chi connectivity index (χ0n) is 23.5. The Morgan fingerprint density at radius 2 is 1.58 bits per heavy atom. The number of hydrogen-bond donors (Lipinski definition) is 2. The summed E-state index contributed by atoms with van der Waals surface area (Å²) < 4.78 is 0. The molecule has 0 spiro atoms. The molecule has 1 amide bonds. The van der Waals surface area contributed by atoms with Crippen molar-refractivity contribution in [2.45, 2.75) is 79.1 Å². The van der Waals surface area contributed by atoms with Crippen molar-refractivity contribution in [1.29, 1.82) is 5.26 Å². The lowest BCUT2D eigenvalue weighted by Crippen LogP contribution is -2.23. The van der Waals surface area contributed by atoms with E-state index in [1.54, 1.807) is 0 Å². The smallest absolute Gasteiger partial charge is 0.255 e. The van der Waals surface area contributed by atoms with E-state index in [9.17, 15) is 4.79 Å². The molecule has 0 aliphatic heterocycles. The minimum absolute atomic E-state index is 0.0876. The number of rotatable bonds is 12. The highest BCUT2D eigenvalue weighted by Crippen LogP contribution is 2.28. The Hall–Kier alpha value is -3.84. The standard InChI is InChI=1S/C34H41N3O/c1-6-9-11-27(10-7-2)28-13-15-30(16-14-28)34(38)37-33(24(4)8-3)29-17-19-31(20-18-29)36-32-21-12-26(23-35)22-25(32)5/h12-22,27,36H,6-11H2,1-5H3,(H,37,38)/b33-24-. The number of nitrogens with one attached hydrogen (secondary N) is 2. The van der Waals surface area contributed by atoms with Crippen molar-refractivity contribution in [2.75, 3.05) is 5.32 Å². The first-order chi connectivity index (χ1) is 18.4. The topological polar surface area (TPSA) is 64.9 Å². The van der Waals surface area contributed by atoms with Crippen LogP contribution < -0.4 is 10.6 Å². The van der Waals surface area contributed by atoms with Gasteiger partial charge in [0.25, 0.3) is 5.91 Å². The van der Waals surface area contributed by atoms with Crippen LogP contribution in [0.3, 0.4) is 0 Å². The van der Waals surface area contributed by atoms with Crippen LogP contribution in [-0.4, -0.2) is 5.91 Å². The molecule has 198 valence electrons. The van der Waals surface area contributed by atoms with E-state index in [0.29, 0.717) is 17.0 Å². The lowest BCUT2D eigenvalue weighted by Gasteiger charge is -2.18. The predicted octanol–water partition coefficient (Wildman–Crippen LogP) is 9.26. The molecule has 0 aromatic heterocycles. The summed E-state index contributed by atoms with van der Waals surface area (Å²) in [5.74, 6) is 0.477. The lowest BCUT2D eigenvalue weighted by molar-refractivity contribution is 0.0973. The number of anilines is 2. The van der Waals surface area contributed by atoms with E-state index in [-0.39, 0.29) is 5.91 Å². The van der Waals surface area contributed by atoms with Gasteiger partial charge in [-0.1, -0.05) is 64.3 Å². The second kappa shape index (κ2) is 14.2. The molecule has 2 N–H and O–H groups in total. The third-order valence-electron chi connectivity index (χ3n) is 7.19. The molecule has 0 radical (unpaired) electrons. The van der Waals surface area contributed by atoms with Crippen molar-refractivity contribution in [3.63, 3.8) is 0 Å². The average molecular weight is 508 g/mol. The van der Waals surface area contributed by atoms with E-state index in [1.165, 1.54) is 37.7 Å².